The van der Waals surface area contributed by atoms with Crippen molar-refractivity contribution in [3.05, 3.63) is 0 Å². The van der Waals surface area contributed by atoms with Gasteiger partial charge in [0.2, 0.25) is 0 Å². The van der Waals surface area contributed by atoms with Crippen LogP contribution >= 0.6 is 11.8 Å². The third-order valence-corrected chi connectivity index (χ3v) is 5.64. The number of hydrogen-bond acceptors (Lipinski definition) is 2. The summed E-state index contributed by atoms with van der Waals surface area (Å²) in [5.41, 5.74) is 0. The Morgan fingerprint density at radius 3 is 2.47 bits per heavy atom. The third kappa shape index (κ3) is 8.96. The van der Waals surface area contributed by atoms with Gasteiger partial charge in [-0.25, -0.2) is 0 Å². The Kier molecular flexibility index (Phi) is 10.1. The van der Waals surface area contributed by atoms with Gasteiger partial charge >= 0.3 is 0 Å². The van der Waals surface area contributed by atoms with Crippen molar-refractivity contribution in [3.63, 3.8) is 0 Å². The van der Waals surface area contributed by atoms with Gasteiger partial charge in [-0.2, -0.15) is 11.8 Å². The molecule has 0 saturated heterocycles. The second-order valence-corrected chi connectivity index (χ2v) is 7.90. The van der Waals surface area contributed by atoms with E-state index >= 15 is 0 Å². The number of nitrogens with one attached hydrogen (secondary N) is 1. The summed E-state index contributed by atoms with van der Waals surface area (Å²) < 4.78 is 0. The topological polar surface area (TPSA) is 12.0 Å². The lowest BCUT2D eigenvalue weighted by atomic mass is 10.0. The first-order valence-electron chi connectivity index (χ1n) is 8.57. The fourth-order valence-electron chi connectivity index (χ4n) is 2.85. The minimum atomic E-state index is 0.755. The summed E-state index contributed by atoms with van der Waals surface area (Å²) in [6.45, 7) is 8.14. The number of rotatable bonds is 10. The lowest BCUT2D eigenvalue weighted by Crippen LogP contribution is -2.33. The summed E-state index contributed by atoms with van der Waals surface area (Å²) in [6.07, 6.45) is 12.8. The van der Waals surface area contributed by atoms with Gasteiger partial charge in [0.15, 0.2) is 0 Å². The van der Waals surface area contributed by atoms with Crippen LogP contribution in [-0.4, -0.2) is 23.6 Å². The van der Waals surface area contributed by atoms with Crippen LogP contribution in [0.4, 0.5) is 0 Å². The van der Waals surface area contributed by atoms with Crippen molar-refractivity contribution >= 4 is 11.8 Å². The smallest absolute Gasteiger partial charge is 0.0158 e. The van der Waals surface area contributed by atoms with E-state index in [1.165, 1.54) is 70.1 Å². The quantitative estimate of drug-likeness (QED) is 0.588. The largest absolute Gasteiger partial charge is 0.313 e. The maximum Gasteiger partial charge on any atom is 0.0158 e. The van der Waals surface area contributed by atoms with Crippen molar-refractivity contribution in [1.82, 2.24) is 5.32 Å². The zero-order chi connectivity index (χ0) is 13.9. The summed E-state index contributed by atoms with van der Waals surface area (Å²) in [4.78, 5) is 0. The van der Waals surface area contributed by atoms with Gasteiger partial charge in [0, 0.05) is 17.0 Å². The molecule has 2 heteroatoms. The van der Waals surface area contributed by atoms with E-state index in [0.717, 1.165) is 17.2 Å². The maximum atomic E-state index is 3.76. The predicted molar refractivity (Wildman–Crippen MR) is 90.1 cm³/mol. The van der Waals surface area contributed by atoms with Crippen LogP contribution in [0.5, 0.6) is 0 Å². The summed E-state index contributed by atoms with van der Waals surface area (Å²) in [5.74, 6) is 2.20. The zero-order valence-electron chi connectivity index (χ0n) is 13.4. The van der Waals surface area contributed by atoms with Crippen LogP contribution in [0.25, 0.3) is 0 Å². The standard InChI is InChI=1S/C17H35NS/c1-4-13-18-16(10-8-9-15(2)3)14-19-17-11-6-5-7-12-17/h15-18H,4-14H2,1-3H3. The molecule has 1 nitrogen and oxygen atoms in total. The molecule has 0 spiro atoms. The molecular formula is C17H35NS. The molecule has 19 heavy (non-hydrogen) atoms. The molecule has 0 bridgehead atoms. The molecular weight excluding hydrogens is 250 g/mol. The van der Waals surface area contributed by atoms with Gasteiger partial charge < -0.3 is 5.32 Å². The van der Waals surface area contributed by atoms with Crippen molar-refractivity contribution in [2.75, 3.05) is 12.3 Å². The summed E-state index contributed by atoms with van der Waals surface area (Å²) in [7, 11) is 0. The molecule has 0 aromatic carbocycles. The van der Waals surface area contributed by atoms with Crippen LogP contribution in [-0.2, 0) is 0 Å². The average molecular weight is 286 g/mol. The molecule has 1 atom stereocenters. The molecule has 0 heterocycles. The fraction of sp³-hybridized carbons (Fsp3) is 1.00. The van der Waals surface area contributed by atoms with Crippen molar-refractivity contribution in [3.8, 4) is 0 Å². The third-order valence-electron chi connectivity index (χ3n) is 4.10. The highest BCUT2D eigenvalue weighted by molar-refractivity contribution is 7.99. The Hall–Kier alpha value is 0.310. The highest BCUT2D eigenvalue weighted by Gasteiger charge is 2.16. The van der Waals surface area contributed by atoms with E-state index in [9.17, 15) is 0 Å². The van der Waals surface area contributed by atoms with E-state index in [2.05, 4.69) is 37.8 Å². The van der Waals surface area contributed by atoms with E-state index in [1.807, 2.05) is 0 Å². The zero-order valence-corrected chi connectivity index (χ0v) is 14.2. The molecule has 1 unspecified atom stereocenters. The highest BCUT2D eigenvalue weighted by Crippen LogP contribution is 2.29. The Morgan fingerprint density at radius 2 is 1.84 bits per heavy atom. The Morgan fingerprint density at radius 1 is 1.11 bits per heavy atom. The van der Waals surface area contributed by atoms with Crippen molar-refractivity contribution in [1.29, 1.82) is 0 Å². The van der Waals surface area contributed by atoms with Crippen LogP contribution in [0.3, 0.4) is 0 Å². The molecule has 1 fully saturated rings. The van der Waals surface area contributed by atoms with Gasteiger partial charge in [0.25, 0.3) is 0 Å². The first-order chi connectivity index (χ1) is 9.22. The van der Waals surface area contributed by atoms with Gasteiger partial charge in [0.1, 0.15) is 0 Å². The maximum absolute atomic E-state index is 3.76. The monoisotopic (exact) mass is 285 g/mol. The predicted octanol–water partition coefficient (Wildman–Crippen LogP) is 5.25. The van der Waals surface area contributed by atoms with Gasteiger partial charge in [-0.3, -0.25) is 0 Å². The second-order valence-electron chi connectivity index (χ2n) is 6.57. The minimum absolute atomic E-state index is 0.755. The van der Waals surface area contributed by atoms with Gasteiger partial charge in [0.05, 0.1) is 0 Å². The van der Waals surface area contributed by atoms with Crippen LogP contribution < -0.4 is 5.32 Å². The molecule has 0 aromatic heterocycles. The summed E-state index contributed by atoms with van der Waals surface area (Å²) in [6, 6.07) is 0.755. The molecule has 0 aliphatic heterocycles. The van der Waals surface area contributed by atoms with Gasteiger partial charge in [-0.15, -0.1) is 0 Å². The van der Waals surface area contributed by atoms with Crippen LogP contribution in [0, 0.1) is 5.92 Å². The molecule has 0 aromatic rings. The second kappa shape index (κ2) is 11.0. The van der Waals surface area contributed by atoms with E-state index in [-0.39, 0.29) is 0 Å². The first-order valence-corrected chi connectivity index (χ1v) is 9.62. The average Bonchev–Trinajstić information content (AvgIpc) is 2.42. The summed E-state index contributed by atoms with van der Waals surface area (Å²) >= 11 is 2.25. The molecule has 1 N–H and O–H groups in total. The van der Waals surface area contributed by atoms with Gasteiger partial charge in [-0.1, -0.05) is 52.9 Å². The SMILES string of the molecule is CCCNC(CCCC(C)C)CSC1CCCCC1. The Balaban J connectivity index is 2.18. The molecule has 0 amide bonds. The van der Waals surface area contributed by atoms with E-state index < -0.39 is 0 Å². The Labute approximate surface area is 125 Å². The van der Waals surface area contributed by atoms with Crippen molar-refractivity contribution in [2.24, 2.45) is 5.92 Å². The lowest BCUT2D eigenvalue weighted by Gasteiger charge is -2.25. The first kappa shape index (κ1) is 17.4. The van der Waals surface area contributed by atoms with Crippen molar-refractivity contribution < 1.29 is 0 Å². The number of hydrogen-bond donors (Lipinski definition) is 1. The molecule has 1 rings (SSSR count). The van der Waals surface area contributed by atoms with E-state index in [0.29, 0.717) is 0 Å². The van der Waals surface area contributed by atoms with Gasteiger partial charge in [-0.05, 0) is 38.1 Å². The minimum Gasteiger partial charge on any atom is -0.313 e. The highest BCUT2D eigenvalue weighted by atomic mass is 32.2. The van der Waals surface area contributed by atoms with Crippen LogP contribution in [0.2, 0.25) is 0 Å². The molecule has 0 radical (unpaired) electrons. The lowest BCUT2D eigenvalue weighted by molar-refractivity contribution is 0.460. The molecule has 114 valence electrons. The van der Waals surface area contributed by atoms with Crippen molar-refractivity contribution in [2.45, 2.75) is 89.9 Å². The number of thioether (sulfide) groups is 1. The van der Waals surface area contributed by atoms with E-state index in [1.54, 1.807) is 0 Å². The van der Waals surface area contributed by atoms with E-state index in [4.69, 9.17) is 0 Å². The van der Waals surface area contributed by atoms with Crippen LogP contribution in [0.1, 0.15) is 78.6 Å². The molecule has 1 aliphatic rings. The fourth-order valence-corrected chi connectivity index (χ4v) is 4.30. The normalized spacial score (nSPS) is 18.9. The summed E-state index contributed by atoms with van der Waals surface area (Å²) in [5, 5.41) is 4.72. The molecule has 1 aliphatic carbocycles. The van der Waals surface area contributed by atoms with Crippen LogP contribution in [0.15, 0.2) is 0 Å². The molecule has 1 saturated carbocycles. The Bertz CT molecular complexity index is 199.